The Morgan fingerprint density at radius 1 is 1.32 bits per heavy atom. The van der Waals surface area contributed by atoms with E-state index >= 15 is 0 Å². The van der Waals surface area contributed by atoms with Crippen molar-refractivity contribution < 1.29 is 4.39 Å². The normalized spacial score (nSPS) is 12.8. The van der Waals surface area contributed by atoms with Crippen molar-refractivity contribution in [1.29, 1.82) is 0 Å². The summed E-state index contributed by atoms with van der Waals surface area (Å²) >= 11 is 1.76. The minimum Gasteiger partial charge on any atom is -0.396 e. The van der Waals surface area contributed by atoms with Crippen molar-refractivity contribution >= 4 is 17.0 Å². The molecule has 2 aromatic rings. The highest BCUT2D eigenvalue weighted by Crippen LogP contribution is 2.19. The molecular formula is C15H19FN2S. The average Bonchev–Trinajstić information content (AvgIpc) is 2.87. The smallest absolute Gasteiger partial charge is 0.150 e. The van der Waals surface area contributed by atoms with Crippen LogP contribution in [0.25, 0.3) is 0 Å². The monoisotopic (exact) mass is 278 g/mol. The topological polar surface area (TPSA) is 29.3 Å². The van der Waals surface area contributed by atoms with E-state index < -0.39 is 0 Å². The molecule has 2 nitrogen and oxygen atoms in total. The lowest BCUT2D eigenvalue weighted by molar-refractivity contribution is 0.246. The quantitative estimate of drug-likeness (QED) is 0.848. The standard InChI is InChI=1S/C15H19FN2S/c1-11(9-13-6-4-8-19-13)18(2)10-12-5-3-7-14(17)15(12)16/h3-8,11H,9-10,17H2,1-2H3. The van der Waals surface area contributed by atoms with Crippen LogP contribution >= 0.6 is 11.3 Å². The molecule has 0 spiro atoms. The molecule has 1 unspecified atom stereocenters. The molecule has 0 aliphatic rings. The molecule has 102 valence electrons. The summed E-state index contributed by atoms with van der Waals surface area (Å²) in [6, 6.07) is 9.74. The van der Waals surface area contributed by atoms with E-state index in [0.717, 1.165) is 6.42 Å². The third-order valence-electron chi connectivity index (χ3n) is 3.36. The van der Waals surface area contributed by atoms with Crippen molar-refractivity contribution in [1.82, 2.24) is 4.90 Å². The van der Waals surface area contributed by atoms with E-state index in [9.17, 15) is 4.39 Å². The van der Waals surface area contributed by atoms with Gasteiger partial charge in [-0.15, -0.1) is 11.3 Å². The molecule has 2 rings (SSSR count). The Kier molecular flexibility index (Phi) is 4.56. The van der Waals surface area contributed by atoms with Crippen LogP contribution < -0.4 is 5.73 Å². The summed E-state index contributed by atoms with van der Waals surface area (Å²) in [5.74, 6) is -0.294. The van der Waals surface area contributed by atoms with Crippen molar-refractivity contribution in [2.24, 2.45) is 0 Å². The summed E-state index contributed by atoms with van der Waals surface area (Å²) in [5.41, 5.74) is 6.46. The fraction of sp³-hybridized carbons (Fsp3) is 0.333. The molecule has 0 radical (unpaired) electrons. The van der Waals surface area contributed by atoms with E-state index in [1.807, 2.05) is 7.05 Å². The number of nitrogen functional groups attached to an aromatic ring is 1. The second-order valence-corrected chi connectivity index (χ2v) is 5.90. The predicted molar refractivity (Wildman–Crippen MR) is 79.8 cm³/mol. The molecule has 1 atom stereocenters. The van der Waals surface area contributed by atoms with Crippen LogP contribution in [0.15, 0.2) is 35.7 Å². The maximum Gasteiger partial charge on any atom is 0.150 e. The fourth-order valence-electron chi connectivity index (χ4n) is 2.02. The highest BCUT2D eigenvalue weighted by Gasteiger charge is 2.14. The van der Waals surface area contributed by atoms with Crippen LogP contribution in [0.4, 0.5) is 10.1 Å². The van der Waals surface area contributed by atoms with Crippen LogP contribution in [0.5, 0.6) is 0 Å². The minimum atomic E-state index is -0.294. The number of benzene rings is 1. The Labute approximate surface area is 117 Å². The van der Waals surface area contributed by atoms with E-state index in [4.69, 9.17) is 5.73 Å². The molecule has 0 fully saturated rings. The van der Waals surface area contributed by atoms with Crippen LogP contribution in [0.1, 0.15) is 17.4 Å². The molecule has 0 aliphatic heterocycles. The first-order chi connectivity index (χ1) is 9.08. The molecule has 19 heavy (non-hydrogen) atoms. The lowest BCUT2D eigenvalue weighted by Crippen LogP contribution is -2.30. The number of nitrogens with two attached hydrogens (primary N) is 1. The van der Waals surface area contributed by atoms with Gasteiger partial charge in [-0.3, -0.25) is 4.90 Å². The van der Waals surface area contributed by atoms with Crippen LogP contribution in [0, 0.1) is 5.82 Å². The molecule has 4 heteroatoms. The van der Waals surface area contributed by atoms with Gasteiger partial charge in [-0.05, 0) is 37.9 Å². The highest BCUT2D eigenvalue weighted by atomic mass is 32.1. The lowest BCUT2D eigenvalue weighted by Gasteiger charge is -2.24. The minimum absolute atomic E-state index is 0.219. The zero-order valence-electron chi connectivity index (χ0n) is 11.3. The first-order valence-corrected chi connectivity index (χ1v) is 7.21. The predicted octanol–water partition coefficient (Wildman–Crippen LogP) is 3.53. The maximum atomic E-state index is 13.9. The van der Waals surface area contributed by atoms with Gasteiger partial charge < -0.3 is 5.73 Å². The van der Waals surface area contributed by atoms with Crippen LogP contribution in [0.2, 0.25) is 0 Å². The lowest BCUT2D eigenvalue weighted by atomic mass is 10.1. The van der Waals surface area contributed by atoms with Gasteiger partial charge in [-0.1, -0.05) is 18.2 Å². The summed E-state index contributed by atoms with van der Waals surface area (Å²) in [4.78, 5) is 3.50. The van der Waals surface area contributed by atoms with Crippen LogP contribution in [0.3, 0.4) is 0 Å². The van der Waals surface area contributed by atoms with E-state index in [0.29, 0.717) is 18.2 Å². The molecular weight excluding hydrogens is 259 g/mol. The Bertz CT molecular complexity index is 525. The number of rotatable bonds is 5. The Hall–Kier alpha value is -1.39. The molecule has 1 heterocycles. The zero-order chi connectivity index (χ0) is 13.8. The van der Waals surface area contributed by atoms with Gasteiger partial charge in [0.1, 0.15) is 0 Å². The molecule has 0 saturated heterocycles. The summed E-state index contributed by atoms with van der Waals surface area (Å²) in [6.07, 6.45) is 0.984. The number of halogens is 1. The van der Waals surface area contributed by atoms with E-state index in [-0.39, 0.29) is 11.5 Å². The van der Waals surface area contributed by atoms with Gasteiger partial charge in [0.25, 0.3) is 0 Å². The summed E-state index contributed by atoms with van der Waals surface area (Å²) in [6.45, 7) is 2.73. The van der Waals surface area contributed by atoms with Gasteiger partial charge in [0, 0.05) is 23.0 Å². The Morgan fingerprint density at radius 3 is 2.79 bits per heavy atom. The summed E-state index contributed by atoms with van der Waals surface area (Å²) in [7, 11) is 2.01. The molecule has 0 saturated carbocycles. The zero-order valence-corrected chi connectivity index (χ0v) is 12.1. The summed E-state index contributed by atoms with van der Waals surface area (Å²) in [5, 5.41) is 2.08. The number of anilines is 1. The van der Waals surface area contributed by atoms with Gasteiger partial charge >= 0.3 is 0 Å². The average molecular weight is 278 g/mol. The van der Waals surface area contributed by atoms with Crippen LogP contribution in [-0.4, -0.2) is 18.0 Å². The third kappa shape index (κ3) is 3.55. The SMILES string of the molecule is CC(Cc1cccs1)N(C)Cc1cccc(N)c1F. The second kappa shape index (κ2) is 6.17. The molecule has 2 N–H and O–H groups in total. The second-order valence-electron chi connectivity index (χ2n) is 4.87. The molecule has 0 aliphatic carbocycles. The number of hydrogen-bond donors (Lipinski definition) is 1. The van der Waals surface area contributed by atoms with Gasteiger partial charge in [-0.25, -0.2) is 4.39 Å². The molecule has 1 aromatic carbocycles. The van der Waals surface area contributed by atoms with E-state index in [1.165, 1.54) is 4.88 Å². The van der Waals surface area contributed by atoms with Crippen molar-refractivity contribution in [3.05, 3.63) is 52.0 Å². The fourth-order valence-corrected chi connectivity index (χ4v) is 2.85. The Morgan fingerprint density at radius 2 is 2.11 bits per heavy atom. The third-order valence-corrected chi connectivity index (χ3v) is 4.26. The molecule has 1 aromatic heterocycles. The van der Waals surface area contributed by atoms with Crippen LogP contribution in [-0.2, 0) is 13.0 Å². The number of likely N-dealkylation sites (N-methyl/N-ethyl adjacent to an activating group) is 1. The largest absolute Gasteiger partial charge is 0.396 e. The number of nitrogens with zero attached hydrogens (tertiary/aromatic N) is 1. The van der Waals surface area contributed by atoms with E-state index in [2.05, 4.69) is 29.3 Å². The molecule has 0 amide bonds. The number of hydrogen-bond acceptors (Lipinski definition) is 3. The van der Waals surface area contributed by atoms with E-state index in [1.54, 1.807) is 29.5 Å². The maximum absolute atomic E-state index is 13.9. The van der Waals surface area contributed by atoms with Crippen molar-refractivity contribution in [3.63, 3.8) is 0 Å². The Balaban J connectivity index is 2.00. The first kappa shape index (κ1) is 14.0. The van der Waals surface area contributed by atoms with Crippen molar-refractivity contribution in [2.45, 2.75) is 25.9 Å². The van der Waals surface area contributed by atoms with Crippen molar-refractivity contribution in [2.75, 3.05) is 12.8 Å². The van der Waals surface area contributed by atoms with Gasteiger partial charge in [0.05, 0.1) is 5.69 Å². The van der Waals surface area contributed by atoms with Gasteiger partial charge in [-0.2, -0.15) is 0 Å². The van der Waals surface area contributed by atoms with Gasteiger partial charge in [0.2, 0.25) is 0 Å². The van der Waals surface area contributed by atoms with Crippen molar-refractivity contribution in [3.8, 4) is 0 Å². The van der Waals surface area contributed by atoms with Gasteiger partial charge in [0.15, 0.2) is 5.82 Å². The summed E-state index contributed by atoms with van der Waals surface area (Å²) < 4.78 is 13.9. The number of thiophene rings is 1. The first-order valence-electron chi connectivity index (χ1n) is 6.33. The highest BCUT2D eigenvalue weighted by molar-refractivity contribution is 7.09. The molecule has 0 bridgehead atoms.